The van der Waals surface area contributed by atoms with Gasteiger partial charge in [0, 0.05) is 23.9 Å². The highest BCUT2D eigenvalue weighted by Gasteiger charge is 2.17. The molecule has 0 aliphatic carbocycles. The average Bonchev–Trinajstić information content (AvgIpc) is 3.40. The monoisotopic (exact) mass is 471 g/mol. The van der Waals surface area contributed by atoms with Gasteiger partial charge in [-0.25, -0.2) is 0 Å². The molecule has 2 aromatic carbocycles. The van der Waals surface area contributed by atoms with Crippen LogP contribution in [0.1, 0.15) is 17.3 Å². The minimum atomic E-state index is -0.354. The first kappa shape index (κ1) is 21.6. The number of aromatic nitrogens is 2. The molecular formula is C20H17N5O5S2. The molecule has 1 aliphatic rings. The Bertz CT molecular complexity index is 1180. The third-order valence-electron chi connectivity index (χ3n) is 4.06. The lowest BCUT2D eigenvalue weighted by Crippen LogP contribution is -2.14. The summed E-state index contributed by atoms with van der Waals surface area (Å²) in [5.74, 6) is 0.427. The Labute approximate surface area is 190 Å². The molecule has 12 heteroatoms. The largest absolute Gasteiger partial charge is 0.454 e. The molecule has 1 aromatic heterocycles. The van der Waals surface area contributed by atoms with Crippen molar-refractivity contribution >= 4 is 57.3 Å². The van der Waals surface area contributed by atoms with Crippen LogP contribution in [0.4, 0.5) is 16.5 Å². The number of ether oxygens (including phenoxy) is 2. The Morgan fingerprint density at radius 3 is 2.59 bits per heavy atom. The fourth-order valence-electron chi connectivity index (χ4n) is 2.73. The van der Waals surface area contributed by atoms with E-state index in [1.807, 2.05) is 0 Å². The number of thioether (sulfide) groups is 1. The maximum Gasteiger partial charge on any atom is 0.257 e. The zero-order chi connectivity index (χ0) is 22.5. The van der Waals surface area contributed by atoms with Crippen molar-refractivity contribution in [3.63, 3.8) is 0 Å². The van der Waals surface area contributed by atoms with Gasteiger partial charge < -0.3 is 20.1 Å². The molecular weight excluding hydrogens is 454 g/mol. The SMILES string of the molecule is CC(=O)Nc1cccc(NC(=O)CSc2nnc(NC(=O)c3ccc4c(c3)OCO4)s2)c1. The fourth-order valence-corrected chi connectivity index (χ4v) is 4.28. The Morgan fingerprint density at radius 1 is 1.00 bits per heavy atom. The van der Waals surface area contributed by atoms with E-state index in [-0.39, 0.29) is 30.3 Å². The Hall–Kier alpha value is -3.64. The standard InChI is InChI=1S/C20H17N5O5S2/c1-11(26)21-13-3-2-4-14(8-13)22-17(27)9-31-20-25-24-19(32-20)23-18(28)12-5-6-15-16(7-12)30-10-29-15/h2-8H,9-10H2,1H3,(H,21,26)(H,22,27)(H,23,24,28). The van der Waals surface area contributed by atoms with Crippen LogP contribution in [-0.4, -0.2) is 40.5 Å². The highest BCUT2D eigenvalue weighted by molar-refractivity contribution is 8.01. The van der Waals surface area contributed by atoms with Crippen LogP contribution < -0.4 is 25.4 Å². The van der Waals surface area contributed by atoms with Crippen molar-refractivity contribution in [2.24, 2.45) is 0 Å². The molecule has 32 heavy (non-hydrogen) atoms. The lowest BCUT2D eigenvalue weighted by Gasteiger charge is -2.07. The maximum absolute atomic E-state index is 12.4. The first-order valence-electron chi connectivity index (χ1n) is 9.31. The molecule has 164 valence electrons. The van der Waals surface area contributed by atoms with Crippen LogP contribution >= 0.6 is 23.1 Å². The van der Waals surface area contributed by atoms with Crippen LogP contribution in [0.2, 0.25) is 0 Å². The van der Waals surface area contributed by atoms with Crippen molar-refractivity contribution in [1.82, 2.24) is 10.2 Å². The quantitative estimate of drug-likeness (QED) is 0.354. The van der Waals surface area contributed by atoms with E-state index in [1.165, 1.54) is 18.7 Å². The third kappa shape index (κ3) is 5.53. The second-order valence-electron chi connectivity index (χ2n) is 6.49. The highest BCUT2D eigenvalue weighted by Crippen LogP contribution is 2.33. The molecule has 0 fully saturated rings. The van der Waals surface area contributed by atoms with E-state index in [9.17, 15) is 14.4 Å². The Balaban J connectivity index is 1.28. The van der Waals surface area contributed by atoms with Gasteiger partial charge in [0.15, 0.2) is 15.8 Å². The average molecular weight is 472 g/mol. The van der Waals surface area contributed by atoms with E-state index in [2.05, 4.69) is 26.1 Å². The summed E-state index contributed by atoms with van der Waals surface area (Å²) in [6.07, 6.45) is 0. The summed E-state index contributed by atoms with van der Waals surface area (Å²) < 4.78 is 11.0. The number of nitrogens with zero attached hydrogens (tertiary/aromatic N) is 2. The van der Waals surface area contributed by atoms with Crippen molar-refractivity contribution in [2.75, 3.05) is 28.5 Å². The number of carbonyl (C=O) groups excluding carboxylic acids is 3. The zero-order valence-electron chi connectivity index (χ0n) is 16.7. The van der Waals surface area contributed by atoms with Gasteiger partial charge in [-0.15, -0.1) is 10.2 Å². The first-order chi connectivity index (χ1) is 15.5. The van der Waals surface area contributed by atoms with Crippen molar-refractivity contribution in [2.45, 2.75) is 11.3 Å². The molecule has 0 atom stereocenters. The molecule has 3 aromatic rings. The van der Waals surface area contributed by atoms with Crippen molar-refractivity contribution < 1.29 is 23.9 Å². The Morgan fingerprint density at radius 2 is 1.78 bits per heavy atom. The fraction of sp³-hybridized carbons (Fsp3) is 0.150. The van der Waals surface area contributed by atoms with Crippen LogP contribution in [-0.2, 0) is 9.59 Å². The molecule has 3 amide bonds. The molecule has 2 heterocycles. The van der Waals surface area contributed by atoms with E-state index >= 15 is 0 Å². The summed E-state index contributed by atoms with van der Waals surface area (Å²) in [7, 11) is 0. The van der Waals surface area contributed by atoms with Crippen molar-refractivity contribution in [1.29, 1.82) is 0 Å². The number of rotatable bonds is 7. The number of anilines is 3. The van der Waals surface area contributed by atoms with E-state index in [0.29, 0.717) is 37.9 Å². The number of fused-ring (bicyclic) bond motifs is 1. The summed E-state index contributed by atoms with van der Waals surface area (Å²) in [5.41, 5.74) is 1.56. The maximum atomic E-state index is 12.4. The second-order valence-corrected chi connectivity index (χ2v) is 8.69. The molecule has 0 saturated heterocycles. The molecule has 0 spiro atoms. The van der Waals surface area contributed by atoms with Gasteiger partial charge in [0.2, 0.25) is 23.7 Å². The van der Waals surface area contributed by atoms with E-state index in [0.717, 1.165) is 11.3 Å². The molecule has 0 bridgehead atoms. The molecule has 0 radical (unpaired) electrons. The van der Waals surface area contributed by atoms with Gasteiger partial charge >= 0.3 is 0 Å². The summed E-state index contributed by atoms with van der Waals surface area (Å²) >= 11 is 2.36. The molecule has 3 N–H and O–H groups in total. The van der Waals surface area contributed by atoms with Gasteiger partial charge in [-0.2, -0.15) is 0 Å². The summed E-state index contributed by atoms with van der Waals surface area (Å²) in [6, 6.07) is 11.7. The molecule has 10 nitrogen and oxygen atoms in total. The van der Waals surface area contributed by atoms with Gasteiger partial charge in [0.05, 0.1) is 5.75 Å². The number of carbonyl (C=O) groups is 3. The van der Waals surface area contributed by atoms with Crippen LogP contribution in [0.15, 0.2) is 46.8 Å². The molecule has 0 saturated carbocycles. The van der Waals surface area contributed by atoms with Gasteiger partial charge in [-0.3, -0.25) is 19.7 Å². The lowest BCUT2D eigenvalue weighted by atomic mass is 10.2. The van der Waals surface area contributed by atoms with Crippen LogP contribution in [0.3, 0.4) is 0 Å². The minimum Gasteiger partial charge on any atom is -0.454 e. The number of hydrogen-bond donors (Lipinski definition) is 3. The zero-order valence-corrected chi connectivity index (χ0v) is 18.3. The molecule has 1 aliphatic heterocycles. The van der Waals surface area contributed by atoms with Gasteiger partial charge in [-0.1, -0.05) is 29.2 Å². The topological polar surface area (TPSA) is 132 Å². The minimum absolute atomic E-state index is 0.106. The van der Waals surface area contributed by atoms with Crippen LogP contribution in [0.25, 0.3) is 0 Å². The number of benzene rings is 2. The second kappa shape index (κ2) is 9.66. The predicted octanol–water partition coefficient (Wildman–Crippen LogP) is 3.21. The lowest BCUT2D eigenvalue weighted by molar-refractivity contribution is -0.114. The summed E-state index contributed by atoms with van der Waals surface area (Å²) in [6.45, 7) is 1.54. The van der Waals surface area contributed by atoms with Crippen LogP contribution in [0.5, 0.6) is 11.5 Å². The van der Waals surface area contributed by atoms with Crippen molar-refractivity contribution in [3.8, 4) is 11.5 Å². The third-order valence-corrected chi connectivity index (χ3v) is 6.03. The predicted molar refractivity (Wildman–Crippen MR) is 121 cm³/mol. The van der Waals surface area contributed by atoms with Gasteiger partial charge in [-0.05, 0) is 36.4 Å². The summed E-state index contributed by atoms with van der Waals surface area (Å²) in [4.78, 5) is 35.8. The van der Waals surface area contributed by atoms with E-state index in [1.54, 1.807) is 42.5 Å². The number of hydrogen-bond acceptors (Lipinski definition) is 9. The normalized spacial score (nSPS) is 11.7. The summed E-state index contributed by atoms with van der Waals surface area (Å²) in [5, 5.41) is 16.4. The highest BCUT2D eigenvalue weighted by atomic mass is 32.2. The van der Waals surface area contributed by atoms with Crippen LogP contribution in [0, 0.1) is 0 Å². The van der Waals surface area contributed by atoms with E-state index in [4.69, 9.17) is 9.47 Å². The smallest absolute Gasteiger partial charge is 0.257 e. The van der Waals surface area contributed by atoms with Crippen molar-refractivity contribution in [3.05, 3.63) is 48.0 Å². The first-order valence-corrected chi connectivity index (χ1v) is 11.1. The van der Waals surface area contributed by atoms with E-state index < -0.39 is 0 Å². The van der Waals surface area contributed by atoms with Gasteiger partial charge in [0.25, 0.3) is 5.91 Å². The Kier molecular flexibility index (Phi) is 6.52. The molecule has 0 unspecified atom stereocenters. The number of nitrogens with one attached hydrogen (secondary N) is 3. The van der Waals surface area contributed by atoms with Gasteiger partial charge in [0.1, 0.15) is 0 Å². The molecule has 4 rings (SSSR count). The number of amides is 3.